The number of carboxylic acids is 1. The minimum absolute atomic E-state index is 0.136. The Labute approximate surface area is 189 Å². The average molecular weight is 433 g/mol. The highest BCUT2D eigenvalue weighted by Gasteiger charge is 2.41. The molecule has 2 aromatic rings. The molecule has 1 aliphatic heterocycles. The molecule has 5 rings (SSSR count). The Morgan fingerprint density at radius 2 is 1.97 bits per heavy atom. The third-order valence-electron chi connectivity index (χ3n) is 7.98. The molecule has 168 valence electrons. The van der Waals surface area contributed by atoms with E-state index in [1.807, 2.05) is 0 Å². The third-order valence-corrected chi connectivity index (χ3v) is 7.98. The SMILES string of the molecule is CC1(C)Cc2ncnc(N)c2N=C1c1ccc2c(c1)CCCC21CCC(CC(=O)O)CC1. The zero-order chi connectivity index (χ0) is 22.5. The lowest BCUT2D eigenvalue weighted by molar-refractivity contribution is -0.138. The summed E-state index contributed by atoms with van der Waals surface area (Å²) in [7, 11) is 0. The van der Waals surface area contributed by atoms with Crippen molar-refractivity contribution in [3.63, 3.8) is 0 Å². The van der Waals surface area contributed by atoms with Crippen LogP contribution in [0, 0.1) is 11.3 Å². The number of nitrogens with zero attached hydrogens (tertiary/aromatic N) is 3. The van der Waals surface area contributed by atoms with Gasteiger partial charge in [0.1, 0.15) is 12.0 Å². The van der Waals surface area contributed by atoms with Crippen LogP contribution in [0.5, 0.6) is 0 Å². The molecule has 0 bridgehead atoms. The average Bonchev–Trinajstić information content (AvgIpc) is 2.74. The molecule has 6 heteroatoms. The summed E-state index contributed by atoms with van der Waals surface area (Å²) >= 11 is 0. The van der Waals surface area contributed by atoms with Crippen LogP contribution in [0.1, 0.15) is 81.2 Å². The minimum Gasteiger partial charge on any atom is -0.481 e. The Morgan fingerprint density at radius 1 is 1.19 bits per heavy atom. The number of carboxylic acid groups (broad SMARTS) is 1. The molecule has 2 heterocycles. The topological polar surface area (TPSA) is 101 Å². The van der Waals surface area contributed by atoms with E-state index in [4.69, 9.17) is 10.7 Å². The second-order valence-corrected chi connectivity index (χ2v) is 10.6. The van der Waals surface area contributed by atoms with Gasteiger partial charge in [0.25, 0.3) is 0 Å². The van der Waals surface area contributed by atoms with Gasteiger partial charge in [-0.15, -0.1) is 0 Å². The lowest BCUT2D eigenvalue weighted by Crippen LogP contribution is -2.36. The van der Waals surface area contributed by atoms with E-state index in [0.717, 1.165) is 49.9 Å². The standard InChI is InChI=1S/C26H32N4O2/c1-25(2)14-20-22(24(27)29-15-28-20)30-23(25)18-5-6-19-17(13-18)4-3-9-26(19)10-7-16(8-11-26)12-21(31)32/h5-6,13,15-16H,3-4,7-12,14H2,1-2H3,(H,31,32)(H2,27,28,29). The summed E-state index contributed by atoms with van der Waals surface area (Å²) in [5, 5.41) is 9.17. The molecule has 0 saturated heterocycles. The van der Waals surface area contributed by atoms with Gasteiger partial charge in [-0.3, -0.25) is 4.79 Å². The molecule has 0 radical (unpaired) electrons. The highest BCUT2D eigenvalue weighted by atomic mass is 16.4. The maximum absolute atomic E-state index is 11.1. The van der Waals surface area contributed by atoms with Gasteiger partial charge in [0.15, 0.2) is 5.82 Å². The lowest BCUT2D eigenvalue weighted by Gasteiger charge is -2.44. The van der Waals surface area contributed by atoms with E-state index in [9.17, 15) is 9.90 Å². The van der Waals surface area contributed by atoms with Crippen molar-refractivity contribution in [1.29, 1.82) is 0 Å². The van der Waals surface area contributed by atoms with Gasteiger partial charge < -0.3 is 10.8 Å². The van der Waals surface area contributed by atoms with E-state index in [2.05, 4.69) is 42.0 Å². The number of aliphatic carboxylic acids is 1. The van der Waals surface area contributed by atoms with Crippen LogP contribution in [-0.2, 0) is 23.1 Å². The molecule has 1 fully saturated rings. The summed E-state index contributed by atoms with van der Waals surface area (Å²) in [4.78, 5) is 24.7. The zero-order valence-corrected chi connectivity index (χ0v) is 19.0. The van der Waals surface area contributed by atoms with Crippen LogP contribution in [0.2, 0.25) is 0 Å². The van der Waals surface area contributed by atoms with E-state index in [0.29, 0.717) is 23.8 Å². The number of nitrogen functional groups attached to an aromatic ring is 1. The summed E-state index contributed by atoms with van der Waals surface area (Å²) in [5.74, 6) is 0.106. The Morgan fingerprint density at radius 3 is 2.72 bits per heavy atom. The number of anilines is 1. The van der Waals surface area contributed by atoms with Crippen molar-refractivity contribution in [3.05, 3.63) is 46.9 Å². The number of hydrogen-bond donors (Lipinski definition) is 2. The fourth-order valence-electron chi connectivity index (χ4n) is 6.32. The van der Waals surface area contributed by atoms with Gasteiger partial charge in [-0.25, -0.2) is 15.0 Å². The van der Waals surface area contributed by atoms with Gasteiger partial charge in [0.2, 0.25) is 0 Å². The highest BCUT2D eigenvalue weighted by molar-refractivity contribution is 6.07. The minimum atomic E-state index is -0.664. The maximum Gasteiger partial charge on any atom is 0.303 e. The van der Waals surface area contributed by atoms with Crippen molar-refractivity contribution in [2.45, 2.75) is 77.0 Å². The molecule has 3 N–H and O–H groups in total. The Balaban J connectivity index is 1.48. The van der Waals surface area contributed by atoms with E-state index in [1.54, 1.807) is 0 Å². The van der Waals surface area contributed by atoms with Gasteiger partial charge in [-0.05, 0) is 79.0 Å². The van der Waals surface area contributed by atoms with Crippen molar-refractivity contribution in [2.24, 2.45) is 16.3 Å². The summed E-state index contributed by atoms with van der Waals surface area (Å²) < 4.78 is 0. The highest BCUT2D eigenvalue weighted by Crippen LogP contribution is 2.50. The van der Waals surface area contributed by atoms with Gasteiger partial charge in [0, 0.05) is 18.3 Å². The van der Waals surface area contributed by atoms with Gasteiger partial charge in [-0.1, -0.05) is 26.0 Å². The molecule has 3 aliphatic rings. The van der Waals surface area contributed by atoms with Crippen LogP contribution in [0.15, 0.2) is 29.5 Å². The first-order valence-corrected chi connectivity index (χ1v) is 11.8. The van der Waals surface area contributed by atoms with Crippen LogP contribution in [0.4, 0.5) is 11.5 Å². The zero-order valence-electron chi connectivity index (χ0n) is 19.0. The number of aryl methyl sites for hydroxylation is 1. The van der Waals surface area contributed by atoms with Crippen LogP contribution in [-0.4, -0.2) is 26.8 Å². The number of carbonyl (C=O) groups is 1. The number of nitrogens with two attached hydrogens (primary N) is 1. The molecular weight excluding hydrogens is 400 g/mol. The number of fused-ring (bicyclic) bond motifs is 3. The number of rotatable bonds is 3. The summed E-state index contributed by atoms with van der Waals surface area (Å²) in [6.07, 6.45) is 10.4. The molecule has 32 heavy (non-hydrogen) atoms. The maximum atomic E-state index is 11.1. The van der Waals surface area contributed by atoms with Crippen LogP contribution in [0.25, 0.3) is 0 Å². The Hall–Kier alpha value is -2.76. The third kappa shape index (κ3) is 3.59. The Bertz CT molecular complexity index is 1100. The van der Waals surface area contributed by atoms with Crippen molar-refractivity contribution in [3.8, 4) is 0 Å². The quantitative estimate of drug-likeness (QED) is 0.710. The fourth-order valence-corrected chi connectivity index (χ4v) is 6.32. The van der Waals surface area contributed by atoms with E-state index < -0.39 is 5.97 Å². The number of aliphatic imine (C=N–C) groups is 1. The lowest BCUT2D eigenvalue weighted by atomic mass is 9.60. The molecule has 1 aromatic heterocycles. The first-order chi connectivity index (χ1) is 15.3. The van der Waals surface area contributed by atoms with Crippen molar-refractivity contribution in [1.82, 2.24) is 9.97 Å². The summed E-state index contributed by atoms with van der Waals surface area (Å²) in [6, 6.07) is 6.92. The van der Waals surface area contributed by atoms with Crippen LogP contribution < -0.4 is 5.73 Å². The molecule has 1 aromatic carbocycles. The predicted molar refractivity (Wildman–Crippen MR) is 125 cm³/mol. The molecule has 1 spiro atoms. The molecule has 6 nitrogen and oxygen atoms in total. The summed E-state index contributed by atoms with van der Waals surface area (Å²) in [5.41, 5.74) is 13.0. The first kappa shape index (κ1) is 21.1. The number of aromatic nitrogens is 2. The van der Waals surface area contributed by atoms with Gasteiger partial charge in [0.05, 0.1) is 11.4 Å². The van der Waals surface area contributed by atoms with Crippen molar-refractivity contribution >= 4 is 23.2 Å². The second-order valence-electron chi connectivity index (χ2n) is 10.6. The smallest absolute Gasteiger partial charge is 0.303 e. The van der Waals surface area contributed by atoms with Crippen LogP contribution >= 0.6 is 0 Å². The van der Waals surface area contributed by atoms with E-state index >= 15 is 0 Å². The van der Waals surface area contributed by atoms with E-state index in [1.165, 1.54) is 35.9 Å². The number of benzene rings is 1. The number of hydrogen-bond acceptors (Lipinski definition) is 5. The van der Waals surface area contributed by atoms with Gasteiger partial charge in [-0.2, -0.15) is 0 Å². The van der Waals surface area contributed by atoms with Gasteiger partial charge >= 0.3 is 5.97 Å². The fraction of sp³-hybridized carbons (Fsp3) is 0.538. The molecular formula is C26H32N4O2. The second kappa shape index (κ2) is 7.68. The largest absolute Gasteiger partial charge is 0.481 e. The first-order valence-electron chi connectivity index (χ1n) is 11.8. The normalized spacial score (nSPS) is 26.2. The van der Waals surface area contributed by atoms with Crippen molar-refractivity contribution in [2.75, 3.05) is 5.73 Å². The molecule has 0 atom stereocenters. The summed E-state index contributed by atoms with van der Waals surface area (Å²) in [6.45, 7) is 4.44. The predicted octanol–water partition coefficient (Wildman–Crippen LogP) is 5.00. The van der Waals surface area contributed by atoms with E-state index in [-0.39, 0.29) is 10.8 Å². The monoisotopic (exact) mass is 432 g/mol. The van der Waals surface area contributed by atoms with Crippen molar-refractivity contribution < 1.29 is 9.90 Å². The Kier molecular flexibility index (Phi) is 5.06. The molecule has 0 unspecified atom stereocenters. The molecule has 2 aliphatic carbocycles. The molecule has 1 saturated carbocycles. The van der Waals surface area contributed by atoms with Crippen LogP contribution in [0.3, 0.4) is 0 Å². The molecule has 0 amide bonds.